The van der Waals surface area contributed by atoms with Crippen LogP contribution in [-0.4, -0.2) is 17.5 Å². The third kappa shape index (κ3) is 4.82. The van der Waals surface area contributed by atoms with Gasteiger partial charge in [-0.2, -0.15) is 0 Å². The van der Waals surface area contributed by atoms with Gasteiger partial charge in [-0.05, 0) is 18.6 Å². The van der Waals surface area contributed by atoms with Crippen molar-refractivity contribution in [3.63, 3.8) is 0 Å². The fourth-order valence-electron chi connectivity index (χ4n) is 1.25. The zero-order valence-corrected chi connectivity index (χ0v) is 10.1. The molecule has 0 N–H and O–H groups in total. The van der Waals surface area contributed by atoms with Gasteiger partial charge >= 0.3 is 11.9 Å². The van der Waals surface area contributed by atoms with Crippen LogP contribution in [0.3, 0.4) is 0 Å². The molecule has 0 aliphatic rings. The largest absolute Gasteiger partial charge is 0.463 e. The molecule has 1 aromatic heterocycles. The van der Waals surface area contributed by atoms with Crippen LogP contribution in [-0.2, 0) is 9.53 Å². The lowest BCUT2D eigenvalue weighted by molar-refractivity contribution is -0.402. The third-order valence-electron chi connectivity index (χ3n) is 2.17. The van der Waals surface area contributed by atoms with E-state index in [2.05, 4.69) is 6.92 Å². The topological polar surface area (TPSA) is 82.6 Å². The Bertz CT molecular complexity index is 435. The Morgan fingerprint density at radius 1 is 1.50 bits per heavy atom. The van der Waals surface area contributed by atoms with Gasteiger partial charge in [-0.15, -0.1) is 0 Å². The van der Waals surface area contributed by atoms with Crippen LogP contribution in [0.5, 0.6) is 0 Å². The molecule has 0 radical (unpaired) electrons. The molecular weight excluding hydrogens is 238 g/mol. The van der Waals surface area contributed by atoms with E-state index >= 15 is 0 Å². The summed E-state index contributed by atoms with van der Waals surface area (Å²) in [5.74, 6) is -0.594. The molecule has 1 rings (SSSR count). The molecule has 0 amide bonds. The maximum atomic E-state index is 11.2. The average molecular weight is 253 g/mol. The van der Waals surface area contributed by atoms with Crippen LogP contribution >= 0.6 is 0 Å². The van der Waals surface area contributed by atoms with Crippen LogP contribution in [0.2, 0.25) is 0 Å². The third-order valence-corrected chi connectivity index (χ3v) is 2.17. The summed E-state index contributed by atoms with van der Waals surface area (Å²) in [5, 5.41) is 10.4. The highest BCUT2D eigenvalue weighted by molar-refractivity contribution is 5.86. The van der Waals surface area contributed by atoms with Crippen molar-refractivity contribution in [2.24, 2.45) is 0 Å². The molecule has 0 bridgehead atoms. The standard InChI is InChI=1S/C12H15NO5/c1-2-3-4-9-17-12(14)8-6-10-5-7-11(18-10)13(15)16/h5-8H,2-4,9H2,1H3/b8-6+. The summed E-state index contributed by atoms with van der Waals surface area (Å²) in [6, 6.07) is 2.64. The van der Waals surface area contributed by atoms with Crippen molar-refractivity contribution in [1.82, 2.24) is 0 Å². The van der Waals surface area contributed by atoms with Gasteiger partial charge in [0.25, 0.3) is 0 Å². The Labute approximate surface area is 104 Å². The first-order valence-electron chi connectivity index (χ1n) is 5.72. The van der Waals surface area contributed by atoms with Gasteiger partial charge in [0.05, 0.1) is 12.7 Å². The summed E-state index contributed by atoms with van der Waals surface area (Å²) in [6.07, 6.45) is 5.44. The second kappa shape index (κ2) is 7.26. The highest BCUT2D eigenvalue weighted by Gasteiger charge is 2.10. The molecule has 1 aromatic rings. The van der Waals surface area contributed by atoms with Gasteiger partial charge in [-0.25, -0.2) is 4.79 Å². The number of furan rings is 1. The average Bonchev–Trinajstić information content (AvgIpc) is 2.81. The van der Waals surface area contributed by atoms with Crippen molar-refractivity contribution >= 4 is 17.9 Å². The molecule has 6 nitrogen and oxygen atoms in total. The Hall–Kier alpha value is -2.11. The molecule has 1 heterocycles. The lowest BCUT2D eigenvalue weighted by Gasteiger charge is -1.99. The molecule has 0 aliphatic heterocycles. The second-order valence-electron chi connectivity index (χ2n) is 3.64. The molecule has 0 fully saturated rings. The van der Waals surface area contributed by atoms with Crippen LogP contribution in [0.25, 0.3) is 6.08 Å². The van der Waals surface area contributed by atoms with Crippen LogP contribution in [0.1, 0.15) is 31.9 Å². The highest BCUT2D eigenvalue weighted by atomic mass is 16.6. The van der Waals surface area contributed by atoms with E-state index in [0.717, 1.165) is 19.3 Å². The number of carbonyl (C=O) groups excluding carboxylic acids is 1. The molecule has 0 unspecified atom stereocenters. The Morgan fingerprint density at radius 2 is 2.28 bits per heavy atom. The van der Waals surface area contributed by atoms with Crippen molar-refractivity contribution < 1.29 is 18.9 Å². The maximum Gasteiger partial charge on any atom is 0.433 e. The van der Waals surface area contributed by atoms with Crippen molar-refractivity contribution in [3.8, 4) is 0 Å². The number of carbonyl (C=O) groups is 1. The fraction of sp³-hybridized carbons (Fsp3) is 0.417. The van der Waals surface area contributed by atoms with E-state index in [1.54, 1.807) is 0 Å². The van der Waals surface area contributed by atoms with Crippen molar-refractivity contribution in [2.75, 3.05) is 6.61 Å². The molecule has 0 aliphatic carbocycles. The Kier molecular flexibility index (Phi) is 5.63. The van der Waals surface area contributed by atoms with E-state index in [1.165, 1.54) is 24.3 Å². The molecule has 0 atom stereocenters. The number of hydrogen-bond acceptors (Lipinski definition) is 5. The number of unbranched alkanes of at least 4 members (excludes halogenated alkanes) is 2. The summed E-state index contributed by atoms with van der Waals surface area (Å²) < 4.78 is 9.76. The first-order chi connectivity index (χ1) is 8.63. The van der Waals surface area contributed by atoms with Gasteiger partial charge in [0.15, 0.2) is 0 Å². The molecule has 0 aromatic carbocycles. The number of nitro groups is 1. The van der Waals surface area contributed by atoms with E-state index < -0.39 is 10.9 Å². The predicted molar refractivity (Wildman–Crippen MR) is 64.9 cm³/mol. The minimum atomic E-state index is -0.638. The molecule has 0 saturated heterocycles. The Morgan fingerprint density at radius 3 is 2.89 bits per heavy atom. The van der Waals surface area contributed by atoms with E-state index in [4.69, 9.17) is 9.15 Å². The van der Waals surface area contributed by atoms with Gasteiger partial charge < -0.3 is 9.15 Å². The van der Waals surface area contributed by atoms with Crippen molar-refractivity contribution in [1.29, 1.82) is 0 Å². The normalized spacial score (nSPS) is 10.7. The maximum absolute atomic E-state index is 11.2. The monoisotopic (exact) mass is 253 g/mol. The minimum absolute atomic E-state index is 0.243. The second-order valence-corrected chi connectivity index (χ2v) is 3.64. The number of nitrogens with zero attached hydrogens (tertiary/aromatic N) is 1. The van der Waals surface area contributed by atoms with Gasteiger partial charge in [0, 0.05) is 6.08 Å². The van der Waals surface area contributed by atoms with Crippen molar-refractivity contribution in [3.05, 3.63) is 34.1 Å². The number of rotatable bonds is 7. The van der Waals surface area contributed by atoms with Crippen LogP contribution in [0.4, 0.5) is 5.88 Å². The van der Waals surface area contributed by atoms with Gasteiger partial charge in [0.1, 0.15) is 10.7 Å². The molecular formula is C12H15NO5. The first kappa shape index (κ1) is 14.0. The predicted octanol–water partition coefficient (Wildman–Crippen LogP) is 2.93. The molecule has 98 valence electrons. The van der Waals surface area contributed by atoms with E-state index in [1.807, 2.05) is 0 Å². The quantitative estimate of drug-likeness (QED) is 0.245. The summed E-state index contributed by atoms with van der Waals surface area (Å²) in [5.41, 5.74) is 0. The van der Waals surface area contributed by atoms with Gasteiger partial charge in [-0.1, -0.05) is 19.8 Å². The Balaban J connectivity index is 2.38. The van der Waals surface area contributed by atoms with Gasteiger partial charge in [-0.3, -0.25) is 10.1 Å². The summed E-state index contributed by atoms with van der Waals surface area (Å²) in [7, 11) is 0. The van der Waals surface area contributed by atoms with E-state index in [9.17, 15) is 14.9 Å². The molecule has 0 saturated carbocycles. The molecule has 6 heteroatoms. The molecule has 18 heavy (non-hydrogen) atoms. The first-order valence-corrected chi connectivity index (χ1v) is 5.72. The lowest BCUT2D eigenvalue weighted by atomic mass is 10.3. The SMILES string of the molecule is CCCCCOC(=O)/C=C/c1ccc([N+](=O)[O-])o1. The van der Waals surface area contributed by atoms with Crippen molar-refractivity contribution in [2.45, 2.75) is 26.2 Å². The zero-order chi connectivity index (χ0) is 13.4. The van der Waals surface area contributed by atoms with Gasteiger partial charge in [0.2, 0.25) is 0 Å². The van der Waals surface area contributed by atoms with Crippen LogP contribution < -0.4 is 0 Å². The summed E-state index contributed by atoms with van der Waals surface area (Å²) in [4.78, 5) is 20.9. The molecule has 0 spiro atoms. The highest BCUT2D eigenvalue weighted by Crippen LogP contribution is 2.16. The fourth-order valence-corrected chi connectivity index (χ4v) is 1.25. The van der Waals surface area contributed by atoms with E-state index in [-0.39, 0.29) is 11.6 Å². The van der Waals surface area contributed by atoms with Crippen LogP contribution in [0.15, 0.2) is 22.6 Å². The number of ether oxygens (including phenoxy) is 1. The summed E-state index contributed by atoms with van der Waals surface area (Å²) in [6.45, 7) is 2.45. The zero-order valence-electron chi connectivity index (χ0n) is 10.1. The number of hydrogen-bond donors (Lipinski definition) is 0. The minimum Gasteiger partial charge on any atom is -0.463 e. The lowest BCUT2D eigenvalue weighted by Crippen LogP contribution is -2.01. The smallest absolute Gasteiger partial charge is 0.433 e. The van der Waals surface area contributed by atoms with Crippen LogP contribution in [0, 0.1) is 10.1 Å². The summed E-state index contributed by atoms with van der Waals surface area (Å²) >= 11 is 0. The van der Waals surface area contributed by atoms with E-state index in [0.29, 0.717) is 6.61 Å². The number of esters is 1.